The van der Waals surface area contributed by atoms with Crippen LogP contribution in [0.3, 0.4) is 0 Å². The molecule has 0 unspecified atom stereocenters. The van der Waals surface area contributed by atoms with Crippen molar-refractivity contribution >= 4 is 15.9 Å². The molecule has 3 rings (SSSR count). The van der Waals surface area contributed by atoms with E-state index >= 15 is 0 Å². The van der Waals surface area contributed by atoms with Crippen LogP contribution in [0.5, 0.6) is 0 Å². The molecule has 0 bridgehead atoms. The van der Waals surface area contributed by atoms with Crippen LogP contribution in [0.4, 0.5) is 0 Å². The van der Waals surface area contributed by atoms with Gasteiger partial charge < -0.3 is 4.90 Å². The van der Waals surface area contributed by atoms with E-state index in [1.807, 2.05) is 18.7 Å². The third-order valence-electron chi connectivity index (χ3n) is 5.41. The first-order valence-corrected chi connectivity index (χ1v) is 10.9. The predicted octanol–water partition coefficient (Wildman–Crippen LogP) is 0.351. The Balaban J connectivity index is 1.81. The van der Waals surface area contributed by atoms with Gasteiger partial charge in [0.25, 0.3) is 5.56 Å². The molecule has 2 aliphatic heterocycles. The van der Waals surface area contributed by atoms with Crippen LogP contribution in [0.2, 0.25) is 0 Å². The molecule has 3 heterocycles. The zero-order valence-corrected chi connectivity index (χ0v) is 16.3. The second kappa shape index (κ2) is 7.11. The van der Waals surface area contributed by atoms with Crippen LogP contribution in [0.1, 0.15) is 44.4 Å². The number of hydrogen-bond acceptors (Lipinski definition) is 5. The van der Waals surface area contributed by atoms with Crippen molar-refractivity contribution in [3.05, 3.63) is 27.9 Å². The number of aromatic nitrogens is 2. The maximum absolute atomic E-state index is 12.7. The summed E-state index contributed by atoms with van der Waals surface area (Å²) in [5, 5.41) is 0. The third kappa shape index (κ3) is 3.68. The van der Waals surface area contributed by atoms with Gasteiger partial charge in [-0.2, -0.15) is 4.31 Å². The van der Waals surface area contributed by atoms with Crippen molar-refractivity contribution in [2.75, 3.05) is 12.8 Å². The molecule has 144 valence electrons. The first kappa shape index (κ1) is 19.0. The van der Waals surface area contributed by atoms with Crippen molar-refractivity contribution in [1.82, 2.24) is 18.8 Å². The number of nitrogens with zero attached hydrogens (tertiary/aromatic N) is 4. The molecule has 0 radical (unpaired) electrons. The summed E-state index contributed by atoms with van der Waals surface area (Å²) >= 11 is 0. The Morgan fingerprint density at radius 1 is 1.27 bits per heavy atom. The number of carbonyl (C=O) groups is 1. The molecule has 1 fully saturated rings. The average molecular weight is 382 g/mol. The Morgan fingerprint density at radius 3 is 2.54 bits per heavy atom. The third-order valence-corrected chi connectivity index (χ3v) is 6.66. The number of carbonyl (C=O) groups excluding carboxylic acids is 1. The molecule has 26 heavy (non-hydrogen) atoms. The largest absolute Gasteiger partial charge is 0.336 e. The quantitative estimate of drug-likeness (QED) is 0.752. The molecule has 1 aromatic rings. The summed E-state index contributed by atoms with van der Waals surface area (Å²) in [5.74, 6) is -0.0675. The van der Waals surface area contributed by atoms with Gasteiger partial charge in [0, 0.05) is 24.2 Å². The minimum Gasteiger partial charge on any atom is -0.336 e. The Labute approximate surface area is 153 Å². The summed E-state index contributed by atoms with van der Waals surface area (Å²) in [6, 6.07) is 0.353. The molecule has 0 saturated carbocycles. The SMILES string of the molecule is C[C@H]1CCC[C@H](C)N1C(=O)Cn1cnc2c(c1=O)CCN(S(C)(=O)=O)C2. The van der Waals surface area contributed by atoms with Crippen molar-refractivity contribution in [2.45, 2.75) is 64.7 Å². The predicted molar refractivity (Wildman–Crippen MR) is 97.1 cm³/mol. The topological polar surface area (TPSA) is 92.6 Å². The maximum Gasteiger partial charge on any atom is 0.257 e. The van der Waals surface area contributed by atoms with Crippen LogP contribution in [-0.2, 0) is 34.3 Å². The van der Waals surface area contributed by atoms with Gasteiger partial charge in [-0.05, 0) is 39.5 Å². The fraction of sp³-hybridized carbons (Fsp3) is 0.706. The second-order valence-electron chi connectivity index (χ2n) is 7.38. The molecular weight excluding hydrogens is 356 g/mol. The summed E-state index contributed by atoms with van der Waals surface area (Å²) in [4.78, 5) is 31.6. The minimum atomic E-state index is -3.31. The lowest BCUT2D eigenvalue weighted by Gasteiger charge is -2.39. The summed E-state index contributed by atoms with van der Waals surface area (Å²) in [7, 11) is -3.31. The highest BCUT2D eigenvalue weighted by molar-refractivity contribution is 7.88. The lowest BCUT2D eigenvalue weighted by Crippen LogP contribution is -2.49. The highest BCUT2D eigenvalue weighted by atomic mass is 32.2. The Kier molecular flexibility index (Phi) is 5.21. The summed E-state index contributed by atoms with van der Waals surface area (Å²) < 4.78 is 26.1. The Morgan fingerprint density at radius 2 is 1.92 bits per heavy atom. The van der Waals surface area contributed by atoms with Gasteiger partial charge >= 0.3 is 0 Å². The van der Waals surface area contributed by atoms with E-state index in [9.17, 15) is 18.0 Å². The van der Waals surface area contributed by atoms with Crippen molar-refractivity contribution in [3.8, 4) is 0 Å². The van der Waals surface area contributed by atoms with Crippen LogP contribution < -0.4 is 5.56 Å². The number of piperidine rings is 1. The number of likely N-dealkylation sites (tertiary alicyclic amines) is 1. The second-order valence-corrected chi connectivity index (χ2v) is 9.36. The molecule has 9 heteroatoms. The van der Waals surface area contributed by atoms with E-state index in [0.29, 0.717) is 17.7 Å². The standard InChI is InChI=1S/C17H26N4O4S/c1-12-5-4-6-13(2)21(12)16(22)10-19-11-18-15-9-20(26(3,24)25)8-7-14(15)17(19)23/h11-13H,4-10H2,1-3H3/t12-,13-/m0/s1. The van der Waals surface area contributed by atoms with Gasteiger partial charge in [-0.25, -0.2) is 13.4 Å². The number of rotatable bonds is 3. The van der Waals surface area contributed by atoms with Gasteiger partial charge in [-0.3, -0.25) is 14.2 Å². The van der Waals surface area contributed by atoms with Gasteiger partial charge in [-0.15, -0.1) is 0 Å². The summed E-state index contributed by atoms with van der Waals surface area (Å²) in [6.07, 6.45) is 5.91. The number of sulfonamides is 1. The smallest absolute Gasteiger partial charge is 0.257 e. The summed E-state index contributed by atoms with van der Waals surface area (Å²) in [5.41, 5.74) is 0.754. The molecular formula is C17H26N4O4S. The molecule has 8 nitrogen and oxygen atoms in total. The zero-order chi connectivity index (χ0) is 19.1. The molecule has 2 aliphatic rings. The van der Waals surface area contributed by atoms with Gasteiger partial charge in [0.2, 0.25) is 15.9 Å². The van der Waals surface area contributed by atoms with Gasteiger partial charge in [0.15, 0.2) is 0 Å². The molecule has 1 saturated heterocycles. The number of fused-ring (bicyclic) bond motifs is 1. The van der Waals surface area contributed by atoms with Gasteiger partial charge in [0.05, 0.1) is 24.8 Å². The minimum absolute atomic E-state index is 0.0242. The Bertz CT molecular complexity index is 854. The molecule has 2 atom stereocenters. The van der Waals surface area contributed by atoms with Crippen LogP contribution in [0.15, 0.2) is 11.1 Å². The van der Waals surface area contributed by atoms with Crippen LogP contribution in [0, 0.1) is 0 Å². The van der Waals surface area contributed by atoms with Gasteiger partial charge in [0.1, 0.15) is 6.54 Å². The van der Waals surface area contributed by atoms with Crippen LogP contribution in [-0.4, -0.2) is 58.0 Å². The van der Waals surface area contributed by atoms with E-state index in [1.54, 1.807) is 0 Å². The molecule has 0 aliphatic carbocycles. The lowest BCUT2D eigenvalue weighted by atomic mass is 9.97. The van der Waals surface area contributed by atoms with Crippen molar-refractivity contribution in [3.63, 3.8) is 0 Å². The molecule has 0 N–H and O–H groups in total. The van der Waals surface area contributed by atoms with Crippen LogP contribution in [0.25, 0.3) is 0 Å². The molecule has 1 aromatic heterocycles. The highest BCUT2D eigenvalue weighted by Crippen LogP contribution is 2.23. The van der Waals surface area contributed by atoms with E-state index < -0.39 is 10.0 Å². The maximum atomic E-state index is 12.7. The van der Waals surface area contributed by atoms with E-state index in [2.05, 4.69) is 4.98 Å². The van der Waals surface area contributed by atoms with E-state index in [-0.39, 0.29) is 43.2 Å². The average Bonchev–Trinajstić information content (AvgIpc) is 2.56. The molecule has 0 aromatic carbocycles. The zero-order valence-electron chi connectivity index (χ0n) is 15.5. The first-order valence-electron chi connectivity index (χ1n) is 9.02. The van der Waals surface area contributed by atoms with E-state index in [0.717, 1.165) is 25.5 Å². The fourth-order valence-electron chi connectivity index (χ4n) is 3.97. The number of hydrogen-bond donors (Lipinski definition) is 0. The van der Waals surface area contributed by atoms with Crippen LogP contribution >= 0.6 is 0 Å². The van der Waals surface area contributed by atoms with Gasteiger partial charge in [-0.1, -0.05) is 0 Å². The monoisotopic (exact) mass is 382 g/mol. The molecule has 1 amide bonds. The highest BCUT2D eigenvalue weighted by Gasteiger charge is 2.30. The first-order chi connectivity index (χ1) is 12.2. The van der Waals surface area contributed by atoms with Crippen molar-refractivity contribution in [2.24, 2.45) is 0 Å². The molecule has 0 spiro atoms. The van der Waals surface area contributed by atoms with E-state index in [4.69, 9.17) is 0 Å². The number of amides is 1. The van der Waals surface area contributed by atoms with Crippen molar-refractivity contribution in [1.29, 1.82) is 0 Å². The normalized spacial score (nSPS) is 24.3. The fourth-order valence-corrected chi connectivity index (χ4v) is 4.75. The lowest BCUT2D eigenvalue weighted by molar-refractivity contribution is -0.138. The summed E-state index contributed by atoms with van der Waals surface area (Å²) in [6.45, 7) is 4.44. The van der Waals surface area contributed by atoms with E-state index in [1.165, 1.54) is 15.2 Å². The van der Waals surface area contributed by atoms with Crippen molar-refractivity contribution < 1.29 is 13.2 Å². The Hall–Kier alpha value is -1.74.